The number of amides is 1. The van der Waals surface area contributed by atoms with Crippen LogP contribution in [-0.2, 0) is 9.53 Å². The van der Waals surface area contributed by atoms with Crippen LogP contribution in [0.2, 0.25) is 0 Å². The van der Waals surface area contributed by atoms with E-state index in [1.165, 1.54) is 26.2 Å². The van der Waals surface area contributed by atoms with Crippen LogP contribution in [0.25, 0.3) is 0 Å². The van der Waals surface area contributed by atoms with Crippen molar-refractivity contribution in [2.45, 2.75) is 13.8 Å². The molecule has 33 heavy (non-hydrogen) atoms. The van der Waals surface area contributed by atoms with Gasteiger partial charge in [-0.05, 0) is 19.9 Å². The number of ketones is 1. The van der Waals surface area contributed by atoms with Crippen molar-refractivity contribution in [3.8, 4) is 23.0 Å². The van der Waals surface area contributed by atoms with E-state index in [0.29, 0.717) is 11.5 Å². The summed E-state index contributed by atoms with van der Waals surface area (Å²) in [6.07, 6.45) is 0. The average Bonchev–Trinajstić information content (AvgIpc) is 3.24. The third-order valence-corrected chi connectivity index (χ3v) is 4.50. The molecular formula is C21H20N2O10. The van der Waals surface area contributed by atoms with Crippen LogP contribution in [0.5, 0.6) is 23.0 Å². The van der Waals surface area contributed by atoms with Crippen molar-refractivity contribution >= 4 is 29.0 Å². The average molecular weight is 460 g/mol. The van der Waals surface area contributed by atoms with E-state index in [2.05, 4.69) is 5.32 Å². The Kier molecular flexibility index (Phi) is 6.96. The molecule has 0 saturated heterocycles. The highest BCUT2D eigenvalue weighted by molar-refractivity contribution is 6.05. The Labute approximate surface area is 187 Å². The lowest BCUT2D eigenvalue weighted by atomic mass is 10.1. The number of ether oxygens (including phenoxy) is 5. The summed E-state index contributed by atoms with van der Waals surface area (Å²) in [6, 6.07) is 5.00. The van der Waals surface area contributed by atoms with Crippen LogP contribution in [0.4, 0.5) is 11.4 Å². The lowest BCUT2D eigenvalue weighted by Crippen LogP contribution is -2.22. The minimum Gasteiger partial charge on any atom is -0.493 e. The smallest absolute Gasteiger partial charge is 0.345 e. The molecule has 2 aromatic carbocycles. The number of rotatable bonds is 9. The number of carbonyl (C=O) groups is 3. The van der Waals surface area contributed by atoms with E-state index in [4.69, 9.17) is 23.7 Å². The third kappa shape index (κ3) is 5.11. The Morgan fingerprint density at radius 1 is 1.09 bits per heavy atom. The molecule has 174 valence electrons. The largest absolute Gasteiger partial charge is 0.493 e. The molecule has 0 aromatic heterocycles. The van der Waals surface area contributed by atoms with Gasteiger partial charge >= 0.3 is 5.97 Å². The molecule has 0 fully saturated rings. The molecule has 0 radical (unpaired) electrons. The second-order valence-electron chi connectivity index (χ2n) is 6.64. The maximum absolute atomic E-state index is 12.5. The van der Waals surface area contributed by atoms with Gasteiger partial charge in [-0.25, -0.2) is 4.79 Å². The van der Waals surface area contributed by atoms with Gasteiger partial charge in [-0.1, -0.05) is 0 Å². The molecule has 0 unspecified atom stereocenters. The van der Waals surface area contributed by atoms with Gasteiger partial charge in [0.25, 0.3) is 11.6 Å². The first-order valence-corrected chi connectivity index (χ1v) is 9.65. The molecule has 1 amide bonds. The van der Waals surface area contributed by atoms with Crippen molar-refractivity contribution < 1.29 is 43.0 Å². The first-order valence-electron chi connectivity index (χ1n) is 9.65. The van der Waals surface area contributed by atoms with E-state index < -0.39 is 34.7 Å². The van der Waals surface area contributed by atoms with Crippen molar-refractivity contribution in [3.05, 3.63) is 45.5 Å². The number of methoxy groups -OCH3 is 1. The van der Waals surface area contributed by atoms with Crippen LogP contribution in [0.1, 0.15) is 34.6 Å². The maximum atomic E-state index is 12.5. The fourth-order valence-electron chi connectivity index (χ4n) is 3.02. The number of nitro groups is 1. The number of nitrogens with one attached hydrogen (secondary N) is 1. The summed E-state index contributed by atoms with van der Waals surface area (Å²) in [7, 11) is 1.31. The Balaban J connectivity index is 1.76. The number of carbonyl (C=O) groups excluding carboxylic acids is 3. The first-order chi connectivity index (χ1) is 15.7. The van der Waals surface area contributed by atoms with E-state index in [-0.39, 0.29) is 41.9 Å². The molecule has 0 bridgehead atoms. The van der Waals surface area contributed by atoms with Gasteiger partial charge in [-0.3, -0.25) is 19.7 Å². The van der Waals surface area contributed by atoms with Crippen molar-refractivity contribution in [2.24, 2.45) is 0 Å². The summed E-state index contributed by atoms with van der Waals surface area (Å²) in [5.74, 6) is -1.35. The number of nitrogens with zero attached hydrogens (tertiary/aromatic N) is 1. The Morgan fingerprint density at radius 2 is 1.79 bits per heavy atom. The van der Waals surface area contributed by atoms with Crippen LogP contribution in [0.15, 0.2) is 24.3 Å². The van der Waals surface area contributed by atoms with Crippen LogP contribution in [0, 0.1) is 10.1 Å². The molecule has 0 spiro atoms. The summed E-state index contributed by atoms with van der Waals surface area (Å²) in [5.41, 5.74) is -0.674. The minimum atomic E-state index is -1.12. The molecule has 1 N–H and O–H groups in total. The predicted octanol–water partition coefficient (Wildman–Crippen LogP) is 2.73. The first kappa shape index (κ1) is 23.3. The maximum Gasteiger partial charge on any atom is 0.345 e. The summed E-state index contributed by atoms with van der Waals surface area (Å²) >= 11 is 0. The number of esters is 1. The molecule has 0 aliphatic carbocycles. The summed E-state index contributed by atoms with van der Waals surface area (Å²) < 4.78 is 25.8. The lowest BCUT2D eigenvalue weighted by molar-refractivity contribution is -0.385. The van der Waals surface area contributed by atoms with Gasteiger partial charge in [-0.2, -0.15) is 0 Å². The second-order valence-corrected chi connectivity index (χ2v) is 6.64. The number of hydrogen-bond donors (Lipinski definition) is 1. The predicted molar refractivity (Wildman–Crippen MR) is 112 cm³/mol. The van der Waals surface area contributed by atoms with Gasteiger partial charge in [-0.15, -0.1) is 0 Å². The zero-order valence-electron chi connectivity index (χ0n) is 18.0. The van der Waals surface area contributed by atoms with Crippen molar-refractivity contribution in [3.63, 3.8) is 0 Å². The molecule has 1 aliphatic heterocycles. The van der Waals surface area contributed by atoms with E-state index >= 15 is 0 Å². The molecule has 1 heterocycles. The van der Waals surface area contributed by atoms with Crippen LogP contribution < -0.4 is 24.3 Å². The highest BCUT2D eigenvalue weighted by Gasteiger charge is 2.27. The Hall–Kier alpha value is -4.35. The van der Waals surface area contributed by atoms with E-state index in [9.17, 15) is 24.5 Å². The molecule has 1 aliphatic rings. The fraction of sp³-hybridized carbons (Fsp3) is 0.286. The number of anilines is 1. The Bertz CT molecular complexity index is 1130. The van der Waals surface area contributed by atoms with Gasteiger partial charge < -0.3 is 29.0 Å². The number of Topliss-reactive ketones (excluding diaryl/α,β-unsaturated/α-hetero) is 1. The molecule has 12 heteroatoms. The van der Waals surface area contributed by atoms with E-state index in [0.717, 1.165) is 12.1 Å². The van der Waals surface area contributed by atoms with Crippen molar-refractivity contribution in [2.75, 3.05) is 32.4 Å². The second kappa shape index (κ2) is 9.85. The molecule has 0 atom stereocenters. The SMILES string of the molecule is CCOc1cc([N+](=O)[O-])c(C(=O)OCC(=O)Nc2cc3c(cc2C(C)=O)OCO3)cc1OC. The highest BCUT2D eigenvalue weighted by Crippen LogP contribution is 2.37. The quantitative estimate of drug-likeness (QED) is 0.256. The third-order valence-electron chi connectivity index (χ3n) is 4.50. The van der Waals surface area contributed by atoms with E-state index in [1.54, 1.807) is 6.92 Å². The molecular weight excluding hydrogens is 440 g/mol. The van der Waals surface area contributed by atoms with Crippen LogP contribution in [-0.4, -0.2) is 49.7 Å². The lowest BCUT2D eigenvalue weighted by Gasteiger charge is -2.12. The molecule has 0 saturated carbocycles. The summed E-state index contributed by atoms with van der Waals surface area (Å²) in [6.45, 7) is 2.43. The van der Waals surface area contributed by atoms with Gasteiger partial charge in [0.15, 0.2) is 35.4 Å². The number of nitro benzene ring substituents is 1. The Morgan fingerprint density at radius 3 is 2.39 bits per heavy atom. The highest BCUT2D eigenvalue weighted by atomic mass is 16.7. The topological polar surface area (TPSA) is 153 Å². The zero-order chi connectivity index (χ0) is 24.1. The van der Waals surface area contributed by atoms with Crippen molar-refractivity contribution in [1.82, 2.24) is 0 Å². The van der Waals surface area contributed by atoms with Crippen LogP contribution in [0.3, 0.4) is 0 Å². The van der Waals surface area contributed by atoms with Gasteiger partial charge in [0.2, 0.25) is 6.79 Å². The van der Waals surface area contributed by atoms with Crippen LogP contribution >= 0.6 is 0 Å². The van der Waals surface area contributed by atoms with Gasteiger partial charge in [0.05, 0.1) is 30.4 Å². The van der Waals surface area contributed by atoms with Gasteiger partial charge in [0, 0.05) is 17.7 Å². The number of hydrogen-bond acceptors (Lipinski definition) is 10. The zero-order valence-corrected chi connectivity index (χ0v) is 18.0. The van der Waals surface area contributed by atoms with Gasteiger partial charge in [0.1, 0.15) is 5.56 Å². The number of benzene rings is 2. The molecule has 2 aromatic rings. The summed E-state index contributed by atoms with van der Waals surface area (Å²) in [4.78, 5) is 47.4. The normalized spacial score (nSPS) is 11.5. The molecule has 3 rings (SSSR count). The minimum absolute atomic E-state index is 0.0218. The monoisotopic (exact) mass is 460 g/mol. The summed E-state index contributed by atoms with van der Waals surface area (Å²) in [5, 5.41) is 13.9. The standard InChI is InChI=1S/C21H20N2O10/c1-4-30-19-8-15(23(27)28)13(6-16(19)29-3)21(26)31-9-20(25)22-14-7-18-17(32-10-33-18)5-12(14)11(2)24/h5-8H,4,9-10H2,1-3H3,(H,22,25). The van der Waals surface area contributed by atoms with Crippen molar-refractivity contribution in [1.29, 1.82) is 0 Å². The van der Waals surface area contributed by atoms with E-state index in [1.807, 2.05) is 0 Å². The number of fused-ring (bicyclic) bond motifs is 1. The molecule has 12 nitrogen and oxygen atoms in total. The fourth-order valence-corrected chi connectivity index (χ4v) is 3.02.